The fraction of sp³-hybridized carbons (Fsp3) is 0.424. The molecule has 0 saturated carbocycles. The summed E-state index contributed by atoms with van der Waals surface area (Å²) in [6.07, 6.45) is 5.22. The van der Waals surface area contributed by atoms with E-state index in [-0.39, 0.29) is 25.0 Å². The number of fused-ring (bicyclic) bond motifs is 1. The van der Waals surface area contributed by atoms with E-state index in [2.05, 4.69) is 13.2 Å². The molecule has 2 amide bonds. The molecule has 41 heavy (non-hydrogen) atoms. The van der Waals surface area contributed by atoms with Crippen LogP contribution in [0.2, 0.25) is 0 Å². The highest BCUT2D eigenvalue weighted by atomic mass is 32.2. The Bertz CT molecular complexity index is 1300. The van der Waals surface area contributed by atoms with Crippen molar-refractivity contribution in [1.82, 2.24) is 9.80 Å². The number of nitrogens with zero attached hydrogens (tertiary/aromatic N) is 2. The molecule has 3 saturated heterocycles. The van der Waals surface area contributed by atoms with E-state index >= 15 is 0 Å². The van der Waals surface area contributed by atoms with Gasteiger partial charge in [0.15, 0.2) is 0 Å². The molecular formula is C33H38N2O5S. The highest BCUT2D eigenvalue weighted by molar-refractivity contribution is 8.02. The molecule has 5 rings (SSSR count). The fourth-order valence-electron chi connectivity index (χ4n) is 7.06. The van der Waals surface area contributed by atoms with Gasteiger partial charge >= 0.3 is 5.97 Å². The van der Waals surface area contributed by atoms with Gasteiger partial charge < -0.3 is 19.6 Å². The quantitative estimate of drug-likeness (QED) is 0.228. The standard InChI is InChI=1S/C33H38N2O5S/c1-4-6-20-40-31(39)27-26-29(37)35(25(22-36)24-15-11-8-12-16-24)28(33(26)18-17-32(27,3)41-33)30(38)34(19-5-2)21-23-13-9-7-10-14-23/h4-5,7-16,25-28,36H,1-2,6,17-22H2,3H3/t25-,26+,27+,28?,32-,33?/m1/s1. The second-order valence-electron chi connectivity index (χ2n) is 11.3. The molecule has 7 nitrogen and oxygen atoms in total. The molecule has 8 heteroatoms. The summed E-state index contributed by atoms with van der Waals surface area (Å²) in [5.41, 5.74) is 1.71. The maximum absolute atomic E-state index is 14.7. The van der Waals surface area contributed by atoms with Crippen molar-refractivity contribution in [2.75, 3.05) is 19.8 Å². The molecule has 2 unspecified atom stereocenters. The van der Waals surface area contributed by atoms with Crippen molar-refractivity contribution in [2.24, 2.45) is 11.8 Å². The molecule has 1 N–H and O–H groups in total. The Kier molecular flexibility index (Phi) is 8.43. The number of likely N-dealkylation sites (tertiary alicyclic amines) is 1. The number of aliphatic hydroxyl groups is 1. The van der Waals surface area contributed by atoms with E-state index in [4.69, 9.17) is 4.74 Å². The SMILES string of the molecule is C=CCCOC(=O)[C@@H]1[C@H]2C(=O)N([C@H](CO)c3ccccc3)C(C(=O)N(CC=C)Cc3ccccc3)C23CC[C@@]1(C)S3. The first kappa shape index (κ1) is 29.1. The van der Waals surface area contributed by atoms with Gasteiger partial charge in [0.05, 0.1) is 35.8 Å². The normalized spacial score (nSPS) is 28.7. The molecule has 0 aromatic heterocycles. The van der Waals surface area contributed by atoms with Gasteiger partial charge in [-0.3, -0.25) is 14.4 Å². The van der Waals surface area contributed by atoms with Crippen LogP contribution in [0.5, 0.6) is 0 Å². The number of esters is 1. The van der Waals surface area contributed by atoms with Gasteiger partial charge in [-0.05, 0) is 37.3 Å². The Labute approximate surface area is 246 Å². The predicted octanol–water partition coefficient (Wildman–Crippen LogP) is 4.54. The Morgan fingerprint density at radius 3 is 2.44 bits per heavy atom. The molecule has 3 aliphatic rings. The van der Waals surface area contributed by atoms with Crippen molar-refractivity contribution in [1.29, 1.82) is 0 Å². The van der Waals surface area contributed by atoms with Crippen molar-refractivity contribution < 1.29 is 24.2 Å². The summed E-state index contributed by atoms with van der Waals surface area (Å²) in [4.78, 5) is 46.2. The lowest BCUT2D eigenvalue weighted by atomic mass is 9.66. The molecule has 3 aliphatic heterocycles. The van der Waals surface area contributed by atoms with E-state index in [0.717, 1.165) is 11.1 Å². The summed E-state index contributed by atoms with van der Waals surface area (Å²) < 4.78 is 4.31. The van der Waals surface area contributed by atoms with Crippen molar-refractivity contribution in [3.05, 3.63) is 97.1 Å². The van der Waals surface area contributed by atoms with Crippen molar-refractivity contribution in [3.63, 3.8) is 0 Å². The van der Waals surface area contributed by atoms with Crippen LogP contribution in [0.25, 0.3) is 0 Å². The largest absolute Gasteiger partial charge is 0.465 e. The second kappa shape index (κ2) is 11.9. The van der Waals surface area contributed by atoms with Gasteiger partial charge in [0, 0.05) is 17.8 Å². The highest BCUT2D eigenvalue weighted by Crippen LogP contribution is 2.72. The topological polar surface area (TPSA) is 87.1 Å². The molecule has 3 fully saturated rings. The van der Waals surface area contributed by atoms with E-state index in [0.29, 0.717) is 32.4 Å². The van der Waals surface area contributed by atoms with Crippen LogP contribution in [0.4, 0.5) is 0 Å². The van der Waals surface area contributed by atoms with Gasteiger partial charge in [-0.2, -0.15) is 0 Å². The monoisotopic (exact) mass is 574 g/mol. The number of carbonyl (C=O) groups excluding carboxylic acids is 3. The van der Waals surface area contributed by atoms with Gasteiger partial charge in [0.25, 0.3) is 0 Å². The predicted molar refractivity (Wildman–Crippen MR) is 160 cm³/mol. The number of hydrogen-bond donors (Lipinski definition) is 1. The van der Waals surface area contributed by atoms with Crippen LogP contribution < -0.4 is 0 Å². The fourth-order valence-corrected chi connectivity index (χ4v) is 9.39. The maximum atomic E-state index is 14.7. The molecule has 0 aliphatic carbocycles. The number of benzene rings is 2. The van der Waals surface area contributed by atoms with Gasteiger partial charge in [0.2, 0.25) is 11.8 Å². The summed E-state index contributed by atoms with van der Waals surface area (Å²) in [5.74, 6) is -2.28. The van der Waals surface area contributed by atoms with Crippen molar-refractivity contribution >= 4 is 29.5 Å². The van der Waals surface area contributed by atoms with E-state index in [1.165, 1.54) is 0 Å². The molecule has 0 radical (unpaired) electrons. The minimum absolute atomic E-state index is 0.198. The first-order valence-electron chi connectivity index (χ1n) is 14.2. The number of thioether (sulfide) groups is 1. The van der Waals surface area contributed by atoms with Gasteiger partial charge in [0.1, 0.15) is 6.04 Å². The lowest BCUT2D eigenvalue weighted by Crippen LogP contribution is -2.55. The van der Waals surface area contributed by atoms with Crippen LogP contribution in [-0.4, -0.2) is 68.0 Å². The van der Waals surface area contributed by atoms with Crippen LogP contribution >= 0.6 is 11.8 Å². The van der Waals surface area contributed by atoms with Gasteiger partial charge in [-0.1, -0.05) is 72.8 Å². The minimum Gasteiger partial charge on any atom is -0.465 e. The first-order valence-corrected chi connectivity index (χ1v) is 15.0. The zero-order valence-electron chi connectivity index (χ0n) is 23.5. The number of hydrogen-bond acceptors (Lipinski definition) is 6. The Morgan fingerprint density at radius 1 is 1.12 bits per heavy atom. The number of amides is 2. The summed E-state index contributed by atoms with van der Waals surface area (Å²) >= 11 is 1.60. The summed E-state index contributed by atoms with van der Waals surface area (Å²) in [7, 11) is 0. The minimum atomic E-state index is -0.862. The highest BCUT2D eigenvalue weighted by Gasteiger charge is 2.78. The van der Waals surface area contributed by atoms with E-state index in [1.807, 2.05) is 67.6 Å². The van der Waals surface area contributed by atoms with E-state index in [9.17, 15) is 19.5 Å². The number of rotatable bonds is 12. The third kappa shape index (κ3) is 5.01. The average Bonchev–Trinajstić information content (AvgIpc) is 3.55. The molecule has 3 heterocycles. The molecule has 6 atom stereocenters. The molecule has 1 spiro atoms. The zero-order valence-corrected chi connectivity index (χ0v) is 24.3. The van der Waals surface area contributed by atoms with Gasteiger partial charge in [-0.25, -0.2) is 0 Å². The van der Waals surface area contributed by atoms with Crippen molar-refractivity contribution in [2.45, 2.75) is 54.3 Å². The van der Waals surface area contributed by atoms with Crippen LogP contribution in [0.3, 0.4) is 0 Å². The maximum Gasteiger partial charge on any atom is 0.311 e. The van der Waals surface area contributed by atoms with E-state index in [1.54, 1.807) is 33.7 Å². The Balaban J connectivity index is 1.60. The molecule has 216 valence electrons. The summed E-state index contributed by atoms with van der Waals surface area (Å²) in [6, 6.07) is 17.4. The smallest absolute Gasteiger partial charge is 0.311 e. The van der Waals surface area contributed by atoms with Crippen LogP contribution in [0, 0.1) is 11.8 Å². The molecule has 2 aromatic carbocycles. The van der Waals surface area contributed by atoms with Crippen LogP contribution in [0.15, 0.2) is 86.0 Å². The van der Waals surface area contributed by atoms with E-state index < -0.39 is 39.4 Å². The third-order valence-corrected chi connectivity index (χ3v) is 10.8. The second-order valence-corrected chi connectivity index (χ2v) is 13.2. The van der Waals surface area contributed by atoms with Crippen LogP contribution in [0.1, 0.15) is 43.4 Å². The Morgan fingerprint density at radius 2 is 1.80 bits per heavy atom. The number of ether oxygens (including phenoxy) is 1. The number of carbonyl (C=O) groups is 3. The first-order chi connectivity index (χ1) is 19.8. The average molecular weight is 575 g/mol. The summed E-state index contributed by atoms with van der Waals surface area (Å²) in [5, 5.41) is 10.7. The van der Waals surface area contributed by atoms with Gasteiger partial charge in [-0.15, -0.1) is 24.9 Å². The number of aliphatic hydroxyl groups excluding tert-OH is 1. The zero-order chi connectivity index (χ0) is 29.2. The van der Waals surface area contributed by atoms with Crippen molar-refractivity contribution in [3.8, 4) is 0 Å². The lowest BCUT2D eigenvalue weighted by Gasteiger charge is -2.39. The molecule has 2 aromatic rings. The molecule has 2 bridgehead atoms. The Hall–Kier alpha value is -3.36. The molecular weight excluding hydrogens is 536 g/mol. The van der Waals surface area contributed by atoms with Crippen LogP contribution in [-0.2, 0) is 25.7 Å². The lowest BCUT2D eigenvalue weighted by molar-refractivity contribution is -0.156. The summed E-state index contributed by atoms with van der Waals surface area (Å²) in [6.45, 7) is 10.1. The third-order valence-electron chi connectivity index (χ3n) is 8.84.